The lowest BCUT2D eigenvalue weighted by molar-refractivity contribution is -0.123. The average Bonchev–Trinajstić information content (AvgIpc) is 2.73. The normalized spacial score (nSPS) is 10.7. The van der Waals surface area contributed by atoms with Gasteiger partial charge in [-0.3, -0.25) is 4.79 Å². The number of amides is 1. The molecule has 0 radical (unpaired) electrons. The molecule has 0 saturated carbocycles. The van der Waals surface area contributed by atoms with E-state index in [0.29, 0.717) is 16.3 Å². The first-order chi connectivity index (χ1) is 14.9. The third-order valence-electron chi connectivity index (χ3n) is 3.78. The highest BCUT2D eigenvalue weighted by Gasteiger charge is 2.10. The molecule has 0 atom stereocenters. The van der Waals surface area contributed by atoms with Crippen LogP contribution in [-0.2, 0) is 4.79 Å². The summed E-state index contributed by atoms with van der Waals surface area (Å²) in [7, 11) is 0. The van der Waals surface area contributed by atoms with Crippen molar-refractivity contribution in [2.24, 2.45) is 5.10 Å². The van der Waals surface area contributed by atoms with Crippen LogP contribution in [0, 0.1) is 5.82 Å². The summed E-state index contributed by atoms with van der Waals surface area (Å²) in [5.74, 6) is -1.17. The summed E-state index contributed by atoms with van der Waals surface area (Å²) in [4.78, 5) is 24.0. The summed E-state index contributed by atoms with van der Waals surface area (Å²) < 4.78 is 23.8. The van der Waals surface area contributed by atoms with Gasteiger partial charge in [-0.25, -0.2) is 14.6 Å². The maximum atomic E-state index is 13.2. The summed E-state index contributed by atoms with van der Waals surface area (Å²) in [5, 5.41) is 4.57. The monoisotopic (exact) mass is 460 g/mol. The Morgan fingerprint density at radius 1 is 1.03 bits per heavy atom. The van der Waals surface area contributed by atoms with E-state index in [1.807, 2.05) is 0 Å². The minimum atomic E-state index is -0.695. The van der Waals surface area contributed by atoms with Gasteiger partial charge in [0.25, 0.3) is 5.91 Å². The van der Waals surface area contributed by atoms with Crippen LogP contribution in [0.25, 0.3) is 0 Å². The molecule has 0 spiro atoms. The standard InChI is InChI=1S/C22H15Cl2FN2O4/c23-16-7-8-20(19(24)11-16)30-13-21(28)27-26-12-14-3-1-6-18(9-14)31-22(29)15-4-2-5-17(25)10-15/h1-12H,13H2,(H,27,28)/b26-12+. The van der Waals surface area contributed by atoms with Crippen LogP contribution in [-0.4, -0.2) is 24.7 Å². The molecule has 9 heteroatoms. The molecule has 6 nitrogen and oxygen atoms in total. The van der Waals surface area contributed by atoms with Crippen LogP contribution >= 0.6 is 23.2 Å². The Morgan fingerprint density at radius 3 is 2.61 bits per heavy atom. The van der Waals surface area contributed by atoms with E-state index in [1.165, 1.54) is 36.5 Å². The number of nitrogens with zero attached hydrogens (tertiary/aromatic N) is 1. The molecule has 1 N–H and O–H groups in total. The van der Waals surface area contributed by atoms with E-state index in [2.05, 4.69) is 10.5 Å². The van der Waals surface area contributed by atoms with Crippen molar-refractivity contribution < 1.29 is 23.5 Å². The maximum Gasteiger partial charge on any atom is 0.343 e. The molecular weight excluding hydrogens is 446 g/mol. The predicted molar refractivity (Wildman–Crippen MR) is 115 cm³/mol. The van der Waals surface area contributed by atoms with Crippen LogP contribution in [0.15, 0.2) is 71.8 Å². The highest BCUT2D eigenvalue weighted by Crippen LogP contribution is 2.27. The van der Waals surface area contributed by atoms with Crippen LogP contribution in [0.2, 0.25) is 10.0 Å². The molecule has 0 fully saturated rings. The maximum absolute atomic E-state index is 13.2. The second-order valence-electron chi connectivity index (χ2n) is 6.13. The van der Waals surface area contributed by atoms with Crippen molar-refractivity contribution in [3.05, 3.63) is 93.7 Å². The van der Waals surface area contributed by atoms with Crippen molar-refractivity contribution in [2.45, 2.75) is 0 Å². The van der Waals surface area contributed by atoms with Crippen LogP contribution in [0.3, 0.4) is 0 Å². The Bertz CT molecular complexity index is 1140. The fourth-order valence-corrected chi connectivity index (χ4v) is 2.85. The fraction of sp³-hybridized carbons (Fsp3) is 0.0455. The van der Waals surface area contributed by atoms with Crippen LogP contribution < -0.4 is 14.9 Å². The minimum Gasteiger partial charge on any atom is -0.482 e. The lowest BCUT2D eigenvalue weighted by atomic mass is 10.2. The quantitative estimate of drug-likeness (QED) is 0.236. The molecule has 0 unspecified atom stereocenters. The Hall–Kier alpha value is -3.42. The van der Waals surface area contributed by atoms with E-state index in [0.717, 1.165) is 6.07 Å². The zero-order valence-corrected chi connectivity index (χ0v) is 17.4. The highest BCUT2D eigenvalue weighted by molar-refractivity contribution is 6.35. The van der Waals surface area contributed by atoms with Crippen molar-refractivity contribution in [2.75, 3.05) is 6.61 Å². The molecule has 31 heavy (non-hydrogen) atoms. The Balaban J connectivity index is 1.52. The highest BCUT2D eigenvalue weighted by atomic mass is 35.5. The number of nitrogens with one attached hydrogen (secondary N) is 1. The van der Waals surface area contributed by atoms with Gasteiger partial charge in [0, 0.05) is 5.02 Å². The zero-order valence-electron chi connectivity index (χ0n) is 15.8. The molecule has 0 bridgehead atoms. The first-order valence-electron chi connectivity index (χ1n) is 8.88. The van der Waals surface area contributed by atoms with Crippen molar-refractivity contribution in [3.8, 4) is 11.5 Å². The molecule has 3 rings (SSSR count). The van der Waals surface area contributed by atoms with Gasteiger partial charge in [-0.05, 0) is 54.1 Å². The van der Waals surface area contributed by atoms with E-state index in [1.54, 1.807) is 30.3 Å². The Labute approximate surface area is 187 Å². The smallest absolute Gasteiger partial charge is 0.343 e. The predicted octanol–water partition coefficient (Wildman–Crippen LogP) is 4.88. The minimum absolute atomic E-state index is 0.0899. The van der Waals surface area contributed by atoms with E-state index >= 15 is 0 Å². The second kappa shape index (κ2) is 10.6. The van der Waals surface area contributed by atoms with Gasteiger partial charge < -0.3 is 9.47 Å². The second-order valence-corrected chi connectivity index (χ2v) is 6.97. The van der Waals surface area contributed by atoms with Crippen molar-refractivity contribution in [1.82, 2.24) is 5.43 Å². The number of hydrazone groups is 1. The summed E-state index contributed by atoms with van der Waals surface area (Å²) in [5.41, 5.74) is 2.96. The van der Waals surface area contributed by atoms with Gasteiger partial charge in [0.1, 0.15) is 17.3 Å². The lowest BCUT2D eigenvalue weighted by Crippen LogP contribution is -2.24. The average molecular weight is 461 g/mol. The first-order valence-corrected chi connectivity index (χ1v) is 9.64. The third kappa shape index (κ3) is 6.80. The van der Waals surface area contributed by atoms with Gasteiger partial charge in [0.15, 0.2) is 6.61 Å². The Kier molecular flexibility index (Phi) is 7.59. The largest absolute Gasteiger partial charge is 0.482 e. The van der Waals surface area contributed by atoms with Crippen LogP contribution in [0.4, 0.5) is 4.39 Å². The van der Waals surface area contributed by atoms with Gasteiger partial charge in [0.05, 0.1) is 16.8 Å². The molecule has 0 aliphatic heterocycles. The number of hydrogen-bond acceptors (Lipinski definition) is 5. The molecule has 0 saturated heterocycles. The SMILES string of the molecule is O=C(COc1ccc(Cl)cc1Cl)N/N=C/c1cccc(OC(=O)c2cccc(F)c2)c1. The van der Waals surface area contributed by atoms with Crippen molar-refractivity contribution in [1.29, 1.82) is 0 Å². The van der Waals surface area contributed by atoms with Gasteiger partial charge in [0.2, 0.25) is 0 Å². The molecule has 158 valence electrons. The molecule has 0 heterocycles. The van der Waals surface area contributed by atoms with Gasteiger partial charge in [-0.1, -0.05) is 41.4 Å². The molecule has 1 amide bonds. The fourth-order valence-electron chi connectivity index (χ4n) is 2.39. The number of carbonyl (C=O) groups is 2. The first kappa shape index (κ1) is 22.3. The lowest BCUT2D eigenvalue weighted by Gasteiger charge is -2.07. The van der Waals surface area contributed by atoms with Gasteiger partial charge >= 0.3 is 5.97 Å². The van der Waals surface area contributed by atoms with E-state index in [4.69, 9.17) is 32.7 Å². The van der Waals surface area contributed by atoms with Gasteiger partial charge in [-0.2, -0.15) is 5.10 Å². The topological polar surface area (TPSA) is 77.0 Å². The summed E-state index contributed by atoms with van der Waals surface area (Å²) in [6.45, 7) is -0.302. The van der Waals surface area contributed by atoms with Crippen molar-refractivity contribution in [3.63, 3.8) is 0 Å². The summed E-state index contributed by atoms with van der Waals surface area (Å²) >= 11 is 11.8. The summed E-state index contributed by atoms with van der Waals surface area (Å²) in [6, 6.07) is 16.3. The van der Waals surface area contributed by atoms with Gasteiger partial charge in [-0.15, -0.1) is 0 Å². The molecule has 3 aromatic carbocycles. The molecule has 0 aliphatic carbocycles. The Morgan fingerprint density at radius 2 is 1.84 bits per heavy atom. The number of rotatable bonds is 7. The molecular formula is C22H15Cl2FN2O4. The van der Waals surface area contributed by atoms with Crippen LogP contribution in [0.5, 0.6) is 11.5 Å². The van der Waals surface area contributed by atoms with Crippen LogP contribution in [0.1, 0.15) is 15.9 Å². The van der Waals surface area contributed by atoms with E-state index in [9.17, 15) is 14.0 Å². The van der Waals surface area contributed by atoms with Crippen molar-refractivity contribution >= 4 is 41.3 Å². The van der Waals surface area contributed by atoms with E-state index < -0.39 is 17.7 Å². The molecule has 0 aromatic heterocycles. The number of carbonyl (C=O) groups excluding carboxylic acids is 2. The number of esters is 1. The van der Waals surface area contributed by atoms with E-state index in [-0.39, 0.29) is 22.9 Å². The third-order valence-corrected chi connectivity index (χ3v) is 4.31. The number of benzene rings is 3. The molecule has 0 aliphatic rings. The number of halogens is 3. The summed E-state index contributed by atoms with van der Waals surface area (Å²) in [6.07, 6.45) is 1.37. The number of ether oxygens (including phenoxy) is 2. The zero-order chi connectivity index (χ0) is 22.2. The number of hydrogen-bond donors (Lipinski definition) is 1. The molecule has 3 aromatic rings.